The first kappa shape index (κ1) is 21.6. The Morgan fingerprint density at radius 3 is 2.68 bits per heavy atom. The molecule has 1 N–H and O–H groups in total. The molecule has 1 saturated heterocycles. The number of rotatable bonds is 6. The maximum Gasteiger partial charge on any atom is 0.317 e. The van der Waals surface area contributed by atoms with Gasteiger partial charge in [0.15, 0.2) is 0 Å². The smallest absolute Gasteiger partial charge is 0.317 e. The summed E-state index contributed by atoms with van der Waals surface area (Å²) in [5.74, 6) is 0.261. The van der Waals surface area contributed by atoms with Gasteiger partial charge in [-0.05, 0) is 37.9 Å². The van der Waals surface area contributed by atoms with Gasteiger partial charge in [-0.3, -0.25) is 9.69 Å². The lowest BCUT2D eigenvalue weighted by atomic mass is 9.83. The van der Waals surface area contributed by atoms with E-state index in [1.807, 2.05) is 46.5 Å². The number of urea groups is 1. The van der Waals surface area contributed by atoms with Crippen molar-refractivity contribution in [3.63, 3.8) is 0 Å². The van der Waals surface area contributed by atoms with Gasteiger partial charge in [-0.2, -0.15) is 0 Å². The average Bonchev–Trinajstić information content (AvgIpc) is 2.76. The van der Waals surface area contributed by atoms with E-state index in [1.54, 1.807) is 12.1 Å². The van der Waals surface area contributed by atoms with Crippen LogP contribution in [-0.4, -0.2) is 47.1 Å². The summed E-state index contributed by atoms with van der Waals surface area (Å²) < 4.78 is 15.9. The Morgan fingerprint density at radius 1 is 1.13 bits per heavy atom. The summed E-state index contributed by atoms with van der Waals surface area (Å²) in [6.07, 6.45) is 1.93. The topological polar surface area (TPSA) is 57.6 Å². The molecule has 2 amide bonds. The lowest BCUT2D eigenvalue weighted by Gasteiger charge is -2.42. The van der Waals surface area contributed by atoms with Crippen molar-refractivity contribution < 1.29 is 9.18 Å². The molecule has 1 aromatic carbocycles. The number of nitrogens with one attached hydrogen (secondary N) is 1. The SMILES string of the molecule is CCCNC(=O)N1C[C@@H]2C[C@H](C1)c1ccc(CN(C)Cc3ccccc3F)c(=O)n1C2. The molecule has 4 rings (SSSR count). The van der Waals surface area contributed by atoms with E-state index in [0.29, 0.717) is 50.7 Å². The van der Waals surface area contributed by atoms with Gasteiger partial charge < -0.3 is 14.8 Å². The van der Waals surface area contributed by atoms with Gasteiger partial charge in [0, 0.05) is 62.0 Å². The quantitative estimate of drug-likeness (QED) is 0.772. The molecule has 3 heterocycles. The van der Waals surface area contributed by atoms with E-state index in [2.05, 4.69) is 5.32 Å². The highest BCUT2D eigenvalue weighted by Crippen LogP contribution is 2.35. The third-order valence-corrected chi connectivity index (χ3v) is 6.33. The minimum Gasteiger partial charge on any atom is -0.338 e. The molecule has 1 fully saturated rings. The summed E-state index contributed by atoms with van der Waals surface area (Å²) in [6.45, 7) is 5.62. The molecule has 1 aromatic heterocycles. The van der Waals surface area contributed by atoms with Crippen molar-refractivity contribution in [1.82, 2.24) is 19.7 Å². The van der Waals surface area contributed by atoms with Crippen LogP contribution in [0, 0.1) is 11.7 Å². The number of fused-ring (bicyclic) bond motifs is 4. The molecule has 6 nitrogen and oxygen atoms in total. The molecule has 31 heavy (non-hydrogen) atoms. The number of halogens is 1. The number of amides is 2. The number of piperidine rings is 1. The summed E-state index contributed by atoms with van der Waals surface area (Å²) in [5.41, 5.74) is 2.41. The Hall–Kier alpha value is -2.67. The van der Waals surface area contributed by atoms with Crippen LogP contribution in [0.5, 0.6) is 0 Å². The number of likely N-dealkylation sites (tertiary alicyclic amines) is 1. The van der Waals surface area contributed by atoms with E-state index < -0.39 is 0 Å². The minimum atomic E-state index is -0.225. The Kier molecular flexibility index (Phi) is 6.41. The molecule has 2 aliphatic heterocycles. The van der Waals surface area contributed by atoms with Crippen LogP contribution in [0.1, 0.15) is 42.5 Å². The predicted molar refractivity (Wildman–Crippen MR) is 118 cm³/mol. The highest BCUT2D eigenvalue weighted by atomic mass is 19.1. The monoisotopic (exact) mass is 426 g/mol. The number of carbonyl (C=O) groups is 1. The van der Waals surface area contributed by atoms with Gasteiger partial charge in [-0.25, -0.2) is 9.18 Å². The van der Waals surface area contributed by atoms with Crippen LogP contribution in [0.15, 0.2) is 41.2 Å². The fourth-order valence-corrected chi connectivity index (χ4v) is 4.89. The highest BCUT2D eigenvalue weighted by molar-refractivity contribution is 5.74. The van der Waals surface area contributed by atoms with Crippen LogP contribution in [-0.2, 0) is 19.6 Å². The third-order valence-electron chi connectivity index (χ3n) is 6.33. The minimum absolute atomic E-state index is 0.00117. The van der Waals surface area contributed by atoms with Gasteiger partial charge >= 0.3 is 6.03 Å². The van der Waals surface area contributed by atoms with E-state index in [9.17, 15) is 14.0 Å². The Morgan fingerprint density at radius 2 is 1.90 bits per heavy atom. The summed E-state index contributed by atoms with van der Waals surface area (Å²) in [4.78, 5) is 29.5. The van der Waals surface area contributed by atoms with Crippen LogP contribution in [0.25, 0.3) is 0 Å². The van der Waals surface area contributed by atoms with Crippen LogP contribution in [0.4, 0.5) is 9.18 Å². The molecule has 2 aromatic rings. The van der Waals surface area contributed by atoms with Crippen molar-refractivity contribution in [3.8, 4) is 0 Å². The normalized spacial score (nSPS) is 19.9. The van der Waals surface area contributed by atoms with E-state index in [1.165, 1.54) is 6.07 Å². The maximum atomic E-state index is 14.0. The number of hydrogen-bond acceptors (Lipinski definition) is 3. The molecule has 0 unspecified atom stereocenters. The molecule has 2 aliphatic rings. The second-order valence-electron chi connectivity index (χ2n) is 8.90. The van der Waals surface area contributed by atoms with Crippen LogP contribution < -0.4 is 10.9 Å². The van der Waals surface area contributed by atoms with Gasteiger partial charge in [0.1, 0.15) is 5.82 Å². The molecule has 0 aliphatic carbocycles. The summed E-state index contributed by atoms with van der Waals surface area (Å²) in [5, 5.41) is 2.97. The zero-order chi connectivity index (χ0) is 22.0. The zero-order valence-corrected chi connectivity index (χ0v) is 18.3. The van der Waals surface area contributed by atoms with E-state index in [4.69, 9.17) is 0 Å². The van der Waals surface area contributed by atoms with Crippen molar-refractivity contribution >= 4 is 6.03 Å². The van der Waals surface area contributed by atoms with Gasteiger partial charge in [0.2, 0.25) is 0 Å². The molecular formula is C24H31FN4O2. The molecule has 7 heteroatoms. The average molecular weight is 427 g/mol. The first-order chi connectivity index (χ1) is 15.0. The number of carbonyl (C=O) groups excluding carboxylic acids is 1. The molecular weight excluding hydrogens is 395 g/mol. The fourth-order valence-electron chi connectivity index (χ4n) is 4.89. The zero-order valence-electron chi connectivity index (χ0n) is 18.3. The van der Waals surface area contributed by atoms with E-state index in [-0.39, 0.29) is 23.3 Å². The first-order valence-corrected chi connectivity index (χ1v) is 11.1. The van der Waals surface area contributed by atoms with Gasteiger partial charge in [-0.1, -0.05) is 31.2 Å². The largest absolute Gasteiger partial charge is 0.338 e. The first-order valence-electron chi connectivity index (χ1n) is 11.1. The summed E-state index contributed by atoms with van der Waals surface area (Å²) in [7, 11) is 1.90. The van der Waals surface area contributed by atoms with Crippen LogP contribution in [0.3, 0.4) is 0 Å². The van der Waals surface area contributed by atoms with E-state index >= 15 is 0 Å². The Bertz CT molecular complexity index is 1010. The number of nitrogens with zero attached hydrogens (tertiary/aromatic N) is 3. The number of hydrogen-bond donors (Lipinski definition) is 1. The molecule has 0 radical (unpaired) electrons. The van der Waals surface area contributed by atoms with E-state index in [0.717, 1.165) is 24.1 Å². The second-order valence-corrected chi connectivity index (χ2v) is 8.90. The van der Waals surface area contributed by atoms with Crippen molar-refractivity contribution in [2.75, 3.05) is 26.7 Å². The second kappa shape index (κ2) is 9.22. The van der Waals surface area contributed by atoms with Gasteiger partial charge in [0.05, 0.1) is 0 Å². The standard InChI is InChI=1S/C24H31FN4O2/c1-3-10-26-24(31)28-12-17-11-20(16-28)22-9-8-19(23(30)29(22)13-17)15-27(2)14-18-6-4-5-7-21(18)25/h4-9,17,20H,3,10-16H2,1-2H3,(H,26,31)/t17-,20+/m0/s1. The molecule has 166 valence electrons. The van der Waals surface area contributed by atoms with Crippen LogP contribution >= 0.6 is 0 Å². The van der Waals surface area contributed by atoms with Crippen molar-refractivity contribution in [3.05, 3.63) is 69.4 Å². The molecule has 0 saturated carbocycles. The van der Waals surface area contributed by atoms with Crippen LogP contribution in [0.2, 0.25) is 0 Å². The third kappa shape index (κ3) is 4.66. The van der Waals surface area contributed by atoms with Gasteiger partial charge in [0.25, 0.3) is 5.56 Å². The number of pyridine rings is 1. The number of benzene rings is 1. The number of aromatic nitrogens is 1. The fraction of sp³-hybridized carbons (Fsp3) is 0.500. The Balaban J connectivity index is 1.48. The highest BCUT2D eigenvalue weighted by Gasteiger charge is 2.36. The molecule has 2 atom stereocenters. The van der Waals surface area contributed by atoms with Crippen molar-refractivity contribution in [2.45, 2.75) is 45.3 Å². The lowest BCUT2D eigenvalue weighted by Crippen LogP contribution is -2.52. The Labute approximate surface area is 182 Å². The predicted octanol–water partition coefficient (Wildman–Crippen LogP) is 3.16. The summed E-state index contributed by atoms with van der Waals surface area (Å²) >= 11 is 0. The molecule has 2 bridgehead atoms. The lowest BCUT2D eigenvalue weighted by molar-refractivity contribution is 0.131. The summed E-state index contributed by atoms with van der Waals surface area (Å²) in [6, 6.07) is 10.7. The van der Waals surface area contributed by atoms with Crippen molar-refractivity contribution in [1.29, 1.82) is 0 Å². The van der Waals surface area contributed by atoms with Crippen molar-refractivity contribution in [2.24, 2.45) is 5.92 Å². The van der Waals surface area contributed by atoms with Gasteiger partial charge in [-0.15, -0.1) is 0 Å². The molecule has 0 spiro atoms. The maximum absolute atomic E-state index is 14.0.